The predicted octanol–water partition coefficient (Wildman–Crippen LogP) is 10.5. The van der Waals surface area contributed by atoms with Crippen LogP contribution in [-0.2, 0) is 5.41 Å². The lowest BCUT2D eigenvalue weighted by atomic mass is 9.82. The number of hydrogen-bond donors (Lipinski definition) is 0. The minimum atomic E-state index is -0.0189. The highest BCUT2D eigenvalue weighted by atomic mass is 35.5. The Labute approximate surface area is 220 Å². The van der Waals surface area contributed by atoms with Crippen molar-refractivity contribution in [3.8, 4) is 11.1 Å². The lowest BCUT2D eigenvalue weighted by Crippen LogP contribution is -2.15. The van der Waals surface area contributed by atoms with E-state index in [-0.39, 0.29) is 5.41 Å². The first kappa shape index (κ1) is 21.7. The fourth-order valence-electron chi connectivity index (χ4n) is 5.83. The third-order valence-electron chi connectivity index (χ3n) is 7.51. The van der Waals surface area contributed by atoms with Crippen molar-refractivity contribution in [3.63, 3.8) is 0 Å². The van der Waals surface area contributed by atoms with E-state index in [9.17, 15) is 0 Å². The number of nitrogens with zero attached hydrogens (tertiary/aromatic N) is 1. The zero-order chi connectivity index (χ0) is 24.4. The molecular weight excluding hydrogens is 478 g/mol. The molecule has 0 aliphatic heterocycles. The second-order valence-corrected chi connectivity index (χ2v) is 11.5. The zero-order valence-electron chi connectivity index (χ0n) is 20.1. The molecule has 3 heteroatoms. The van der Waals surface area contributed by atoms with E-state index in [4.69, 9.17) is 11.6 Å². The van der Waals surface area contributed by atoms with Gasteiger partial charge in [0.25, 0.3) is 0 Å². The maximum Gasteiger partial charge on any atom is 0.0554 e. The number of rotatable bonds is 3. The van der Waals surface area contributed by atoms with Crippen LogP contribution in [0.25, 0.3) is 31.3 Å². The van der Waals surface area contributed by atoms with Crippen LogP contribution in [0.1, 0.15) is 25.0 Å². The molecule has 1 heterocycles. The Hall–Kier alpha value is -3.59. The highest BCUT2D eigenvalue weighted by molar-refractivity contribution is 7.26. The van der Waals surface area contributed by atoms with E-state index < -0.39 is 0 Å². The van der Waals surface area contributed by atoms with Crippen molar-refractivity contribution in [1.29, 1.82) is 0 Å². The van der Waals surface area contributed by atoms with Crippen molar-refractivity contribution in [3.05, 3.63) is 125 Å². The average Bonchev–Trinajstić information content (AvgIpc) is 3.38. The standard InChI is InChI=1S/C33H24ClNS/c1-33(2)27-13-5-3-11-24(27)26-20-23(17-18-28(26)33)35(22-10-7-9-21(34)19-22)29-14-8-16-31-32(29)25-12-4-6-15-30(25)36-31/h3-20H,1-2H3. The van der Waals surface area contributed by atoms with Gasteiger partial charge in [-0.3, -0.25) is 0 Å². The molecule has 174 valence electrons. The summed E-state index contributed by atoms with van der Waals surface area (Å²) in [6, 6.07) is 39.2. The number of halogens is 1. The SMILES string of the molecule is CC1(C)c2ccccc2-c2cc(N(c3cccc(Cl)c3)c3cccc4sc5ccccc5c34)ccc21. The zero-order valence-corrected chi connectivity index (χ0v) is 21.7. The molecule has 0 radical (unpaired) electrons. The molecule has 1 aromatic heterocycles. The number of anilines is 3. The van der Waals surface area contributed by atoms with E-state index in [2.05, 4.69) is 116 Å². The molecule has 0 amide bonds. The Kier molecular flexibility index (Phi) is 4.79. The number of thiophene rings is 1. The third kappa shape index (κ3) is 3.15. The first-order valence-electron chi connectivity index (χ1n) is 12.2. The molecule has 0 atom stereocenters. The molecule has 0 bridgehead atoms. The molecule has 0 N–H and O–H groups in total. The number of benzene rings is 5. The molecule has 6 aromatic rings. The average molecular weight is 502 g/mol. The molecule has 0 saturated carbocycles. The molecular formula is C33H24ClNS. The van der Waals surface area contributed by atoms with E-state index in [1.807, 2.05) is 23.5 Å². The smallest absolute Gasteiger partial charge is 0.0554 e. The minimum absolute atomic E-state index is 0.0189. The molecule has 1 aliphatic rings. The van der Waals surface area contributed by atoms with Crippen LogP contribution in [0.2, 0.25) is 5.02 Å². The quantitative estimate of drug-likeness (QED) is 0.233. The van der Waals surface area contributed by atoms with Gasteiger partial charge in [-0.05, 0) is 70.8 Å². The predicted molar refractivity (Wildman–Crippen MR) is 157 cm³/mol. The summed E-state index contributed by atoms with van der Waals surface area (Å²) in [6.07, 6.45) is 0. The van der Waals surface area contributed by atoms with Crippen molar-refractivity contribution >= 4 is 60.2 Å². The molecule has 5 aromatic carbocycles. The summed E-state index contributed by atoms with van der Waals surface area (Å²) in [5, 5.41) is 3.29. The highest BCUT2D eigenvalue weighted by Crippen LogP contribution is 2.51. The summed E-state index contributed by atoms with van der Waals surface area (Å²) in [4.78, 5) is 2.36. The van der Waals surface area contributed by atoms with Crippen LogP contribution in [0.4, 0.5) is 17.1 Å². The summed E-state index contributed by atoms with van der Waals surface area (Å²) in [7, 11) is 0. The summed E-state index contributed by atoms with van der Waals surface area (Å²) in [6.45, 7) is 4.65. The van der Waals surface area contributed by atoms with Gasteiger partial charge in [0, 0.05) is 42.0 Å². The number of hydrogen-bond acceptors (Lipinski definition) is 2. The normalized spacial score (nSPS) is 13.6. The molecule has 7 rings (SSSR count). The van der Waals surface area contributed by atoms with Gasteiger partial charge in [0.15, 0.2) is 0 Å². The second kappa shape index (κ2) is 7.96. The van der Waals surface area contributed by atoms with Crippen molar-refractivity contribution in [2.75, 3.05) is 4.90 Å². The van der Waals surface area contributed by atoms with Gasteiger partial charge < -0.3 is 4.90 Å². The first-order valence-corrected chi connectivity index (χ1v) is 13.4. The van der Waals surface area contributed by atoms with Crippen LogP contribution in [0, 0.1) is 0 Å². The lowest BCUT2D eigenvalue weighted by Gasteiger charge is -2.28. The summed E-state index contributed by atoms with van der Waals surface area (Å²) in [5.41, 5.74) is 8.72. The Balaban J connectivity index is 1.52. The van der Waals surface area contributed by atoms with E-state index in [0.717, 1.165) is 22.1 Å². The molecule has 36 heavy (non-hydrogen) atoms. The van der Waals surface area contributed by atoms with Gasteiger partial charge in [-0.25, -0.2) is 0 Å². The summed E-state index contributed by atoms with van der Waals surface area (Å²) in [5.74, 6) is 0. The van der Waals surface area contributed by atoms with Gasteiger partial charge in [0.2, 0.25) is 0 Å². The van der Waals surface area contributed by atoms with Gasteiger partial charge in [-0.15, -0.1) is 11.3 Å². The topological polar surface area (TPSA) is 3.24 Å². The lowest BCUT2D eigenvalue weighted by molar-refractivity contribution is 0.660. The summed E-state index contributed by atoms with van der Waals surface area (Å²) >= 11 is 8.37. The van der Waals surface area contributed by atoms with E-state index in [1.54, 1.807) is 0 Å². The summed E-state index contributed by atoms with van der Waals surface area (Å²) < 4.78 is 2.59. The van der Waals surface area contributed by atoms with Gasteiger partial charge >= 0.3 is 0 Å². The van der Waals surface area contributed by atoms with Gasteiger partial charge in [0.1, 0.15) is 0 Å². The van der Waals surface area contributed by atoms with E-state index >= 15 is 0 Å². The van der Waals surface area contributed by atoms with E-state index in [1.165, 1.54) is 42.4 Å². The van der Waals surface area contributed by atoms with Crippen molar-refractivity contribution in [1.82, 2.24) is 0 Å². The molecule has 0 fully saturated rings. The Morgan fingerprint density at radius 2 is 1.36 bits per heavy atom. The molecule has 1 aliphatic carbocycles. The fourth-order valence-corrected chi connectivity index (χ4v) is 7.14. The van der Waals surface area contributed by atoms with E-state index in [0.29, 0.717) is 0 Å². The maximum atomic E-state index is 6.53. The van der Waals surface area contributed by atoms with Crippen LogP contribution >= 0.6 is 22.9 Å². The Morgan fingerprint density at radius 3 is 2.25 bits per heavy atom. The van der Waals surface area contributed by atoms with Gasteiger partial charge in [-0.1, -0.05) is 86.1 Å². The molecule has 0 saturated heterocycles. The Bertz CT molecular complexity index is 1800. The second-order valence-electron chi connectivity index (χ2n) is 9.96. The first-order chi connectivity index (χ1) is 17.5. The van der Waals surface area contributed by atoms with Gasteiger partial charge in [-0.2, -0.15) is 0 Å². The van der Waals surface area contributed by atoms with Crippen LogP contribution in [0.15, 0.2) is 109 Å². The Morgan fingerprint density at radius 1 is 0.639 bits per heavy atom. The monoisotopic (exact) mass is 501 g/mol. The highest BCUT2D eigenvalue weighted by Gasteiger charge is 2.35. The van der Waals surface area contributed by atoms with Crippen molar-refractivity contribution in [2.24, 2.45) is 0 Å². The van der Waals surface area contributed by atoms with Crippen LogP contribution < -0.4 is 4.90 Å². The van der Waals surface area contributed by atoms with Crippen LogP contribution in [-0.4, -0.2) is 0 Å². The largest absolute Gasteiger partial charge is 0.310 e. The van der Waals surface area contributed by atoms with Crippen LogP contribution in [0.3, 0.4) is 0 Å². The minimum Gasteiger partial charge on any atom is -0.310 e. The third-order valence-corrected chi connectivity index (χ3v) is 8.88. The van der Waals surface area contributed by atoms with Crippen LogP contribution in [0.5, 0.6) is 0 Å². The molecule has 0 spiro atoms. The molecule has 0 unspecified atom stereocenters. The maximum absolute atomic E-state index is 6.53. The van der Waals surface area contributed by atoms with Crippen molar-refractivity contribution < 1.29 is 0 Å². The fraction of sp³-hybridized carbons (Fsp3) is 0.0909. The van der Waals surface area contributed by atoms with Gasteiger partial charge in [0.05, 0.1) is 5.69 Å². The van der Waals surface area contributed by atoms with Crippen molar-refractivity contribution in [2.45, 2.75) is 19.3 Å². The molecule has 1 nitrogen and oxygen atoms in total. The number of fused-ring (bicyclic) bond motifs is 6.